The van der Waals surface area contributed by atoms with Gasteiger partial charge in [-0.15, -0.1) is 11.3 Å². The van der Waals surface area contributed by atoms with Gasteiger partial charge in [-0.1, -0.05) is 25.1 Å². The molecule has 5 heteroatoms. The molecule has 0 aliphatic rings. The third-order valence-electron chi connectivity index (χ3n) is 5.28. The lowest BCUT2D eigenvalue weighted by molar-refractivity contribution is -0.137. The van der Waals surface area contributed by atoms with Gasteiger partial charge in [-0.3, -0.25) is 4.79 Å². The van der Waals surface area contributed by atoms with Crippen molar-refractivity contribution in [3.63, 3.8) is 0 Å². The Balaban J connectivity index is 1.85. The molecule has 0 aliphatic heterocycles. The van der Waals surface area contributed by atoms with Crippen LogP contribution in [0.3, 0.4) is 0 Å². The Hall–Kier alpha value is -2.66. The number of unbranched alkanes of at least 4 members (excludes halogenated alkanes) is 1. The number of thiophene rings is 1. The number of benzene rings is 1. The van der Waals surface area contributed by atoms with Crippen LogP contribution in [0.2, 0.25) is 0 Å². The number of carbonyl (C=O) groups is 1. The average Bonchev–Trinajstić information content (AvgIpc) is 3.28. The fourth-order valence-electron chi connectivity index (χ4n) is 3.86. The monoisotopic (exact) mass is 392 g/mol. The van der Waals surface area contributed by atoms with Gasteiger partial charge in [0, 0.05) is 27.3 Å². The van der Waals surface area contributed by atoms with Crippen molar-refractivity contribution in [3.8, 4) is 10.4 Å². The van der Waals surface area contributed by atoms with E-state index in [1.54, 1.807) is 0 Å². The molecule has 1 N–H and O–H groups in total. The molecule has 144 valence electrons. The third kappa shape index (κ3) is 3.42. The van der Waals surface area contributed by atoms with Gasteiger partial charge in [0.1, 0.15) is 0 Å². The molecular formula is C23H24N2O2S. The molecule has 0 spiro atoms. The summed E-state index contributed by atoms with van der Waals surface area (Å²) in [7, 11) is 0. The van der Waals surface area contributed by atoms with Crippen molar-refractivity contribution < 1.29 is 9.90 Å². The van der Waals surface area contributed by atoms with Gasteiger partial charge in [0.25, 0.3) is 0 Å². The summed E-state index contributed by atoms with van der Waals surface area (Å²) < 4.78 is 3.36. The highest BCUT2D eigenvalue weighted by molar-refractivity contribution is 7.22. The Kier molecular flexibility index (Phi) is 5.18. The van der Waals surface area contributed by atoms with Gasteiger partial charge in [-0.25, -0.2) is 4.52 Å². The fourth-order valence-corrected chi connectivity index (χ4v) is 5.00. The van der Waals surface area contributed by atoms with E-state index in [2.05, 4.69) is 60.8 Å². The second-order valence-electron chi connectivity index (χ2n) is 7.16. The molecule has 3 heterocycles. The number of aromatic nitrogens is 2. The van der Waals surface area contributed by atoms with Gasteiger partial charge in [-0.2, -0.15) is 5.10 Å². The molecule has 0 saturated carbocycles. The first-order chi connectivity index (χ1) is 13.6. The summed E-state index contributed by atoms with van der Waals surface area (Å²) in [5, 5.41) is 15.1. The summed E-state index contributed by atoms with van der Waals surface area (Å²) in [4.78, 5) is 12.1. The molecule has 4 rings (SSSR count). The van der Waals surface area contributed by atoms with E-state index in [4.69, 9.17) is 10.2 Å². The summed E-state index contributed by atoms with van der Waals surface area (Å²) >= 11 is 1.81. The molecule has 3 aromatic heterocycles. The maximum Gasteiger partial charge on any atom is 0.303 e. The van der Waals surface area contributed by atoms with Crippen LogP contribution in [0.25, 0.3) is 26.0 Å². The van der Waals surface area contributed by atoms with Gasteiger partial charge in [-0.05, 0) is 67.8 Å². The molecule has 0 fully saturated rings. The van der Waals surface area contributed by atoms with E-state index in [0.29, 0.717) is 6.42 Å². The lowest BCUT2D eigenvalue weighted by Gasteiger charge is -2.14. The molecule has 4 nitrogen and oxygen atoms in total. The molecule has 0 saturated heterocycles. The van der Waals surface area contributed by atoms with Crippen molar-refractivity contribution >= 4 is 32.9 Å². The Morgan fingerprint density at radius 3 is 2.75 bits per heavy atom. The second kappa shape index (κ2) is 7.76. The highest BCUT2D eigenvalue weighted by Crippen LogP contribution is 2.39. The predicted molar refractivity (Wildman–Crippen MR) is 115 cm³/mol. The molecule has 4 aromatic rings. The number of nitrogens with zero attached hydrogens (tertiary/aromatic N) is 2. The summed E-state index contributed by atoms with van der Waals surface area (Å²) in [6.45, 7) is 4.22. The molecule has 0 amide bonds. The standard InChI is InChI=1S/C23H24N2O2S/c1-3-17-12-13-19-23(21-14-16-8-4-6-10-20(16)28-21)18(15(2)24-25(17)19)9-5-7-11-22(26)27/h4,6,8,10,12-14H,3,5,7,9,11H2,1-2H3,(H,26,27). The zero-order valence-electron chi connectivity index (χ0n) is 16.2. The van der Waals surface area contributed by atoms with Crippen molar-refractivity contribution in [2.75, 3.05) is 0 Å². The summed E-state index contributed by atoms with van der Waals surface area (Å²) in [6.07, 6.45) is 3.54. The van der Waals surface area contributed by atoms with Crippen LogP contribution in [0.15, 0.2) is 42.5 Å². The lowest BCUT2D eigenvalue weighted by atomic mass is 9.98. The van der Waals surface area contributed by atoms with Crippen molar-refractivity contribution in [1.29, 1.82) is 0 Å². The maximum atomic E-state index is 10.9. The molecule has 0 bridgehead atoms. The molecule has 0 unspecified atom stereocenters. The fraction of sp³-hybridized carbons (Fsp3) is 0.304. The Morgan fingerprint density at radius 1 is 1.18 bits per heavy atom. The normalized spacial score (nSPS) is 11.5. The van der Waals surface area contributed by atoms with Crippen LogP contribution in [0.4, 0.5) is 0 Å². The van der Waals surface area contributed by atoms with Gasteiger partial charge >= 0.3 is 5.97 Å². The smallest absolute Gasteiger partial charge is 0.303 e. The van der Waals surface area contributed by atoms with Crippen LogP contribution in [0.1, 0.15) is 43.1 Å². The average molecular weight is 393 g/mol. The highest BCUT2D eigenvalue weighted by atomic mass is 32.1. The SMILES string of the molecule is CCc1ccc2c(-c3cc4ccccc4s3)c(CCCCC(=O)O)c(C)nn12. The van der Waals surface area contributed by atoms with Crippen molar-refractivity contribution in [2.45, 2.75) is 46.0 Å². The van der Waals surface area contributed by atoms with Crippen molar-refractivity contribution in [1.82, 2.24) is 9.61 Å². The number of fused-ring (bicyclic) bond motifs is 2. The number of carboxylic acids is 1. The van der Waals surface area contributed by atoms with E-state index in [-0.39, 0.29) is 6.42 Å². The molecular weight excluding hydrogens is 368 g/mol. The summed E-state index contributed by atoms with van der Waals surface area (Å²) in [6, 6.07) is 15.1. The third-order valence-corrected chi connectivity index (χ3v) is 6.41. The van der Waals surface area contributed by atoms with E-state index in [0.717, 1.165) is 30.5 Å². The van der Waals surface area contributed by atoms with Crippen molar-refractivity contribution in [3.05, 3.63) is 59.4 Å². The lowest BCUT2D eigenvalue weighted by Crippen LogP contribution is -2.06. The number of aliphatic carboxylic acids is 1. The van der Waals surface area contributed by atoms with Crippen LogP contribution < -0.4 is 0 Å². The molecule has 28 heavy (non-hydrogen) atoms. The number of rotatable bonds is 7. The van der Waals surface area contributed by atoms with E-state index < -0.39 is 5.97 Å². The van der Waals surface area contributed by atoms with E-state index in [1.165, 1.54) is 31.8 Å². The first-order valence-electron chi connectivity index (χ1n) is 9.79. The predicted octanol–water partition coefficient (Wildman–Crippen LogP) is 5.88. The summed E-state index contributed by atoms with van der Waals surface area (Å²) in [5.74, 6) is -0.728. The zero-order valence-corrected chi connectivity index (χ0v) is 17.1. The Labute approximate surface area is 168 Å². The van der Waals surface area contributed by atoms with E-state index in [9.17, 15) is 4.79 Å². The van der Waals surface area contributed by atoms with Gasteiger partial charge < -0.3 is 5.11 Å². The largest absolute Gasteiger partial charge is 0.481 e. The van der Waals surface area contributed by atoms with Gasteiger partial charge in [0.15, 0.2) is 0 Å². The second-order valence-corrected chi connectivity index (χ2v) is 8.25. The highest BCUT2D eigenvalue weighted by Gasteiger charge is 2.18. The van der Waals surface area contributed by atoms with Crippen LogP contribution in [0.5, 0.6) is 0 Å². The minimum absolute atomic E-state index is 0.220. The Morgan fingerprint density at radius 2 is 2.00 bits per heavy atom. The van der Waals surface area contributed by atoms with Crippen LogP contribution in [-0.2, 0) is 17.6 Å². The molecule has 0 aliphatic carbocycles. The maximum absolute atomic E-state index is 10.9. The van der Waals surface area contributed by atoms with Gasteiger partial charge in [0.2, 0.25) is 0 Å². The van der Waals surface area contributed by atoms with E-state index in [1.807, 2.05) is 11.3 Å². The van der Waals surface area contributed by atoms with Crippen LogP contribution in [0, 0.1) is 6.92 Å². The number of hydrogen-bond donors (Lipinski definition) is 1. The molecule has 0 atom stereocenters. The number of aryl methyl sites for hydroxylation is 2. The van der Waals surface area contributed by atoms with Crippen molar-refractivity contribution in [2.24, 2.45) is 0 Å². The van der Waals surface area contributed by atoms with Crippen LogP contribution in [-0.4, -0.2) is 20.7 Å². The topological polar surface area (TPSA) is 54.6 Å². The van der Waals surface area contributed by atoms with Gasteiger partial charge in [0.05, 0.1) is 11.2 Å². The summed E-state index contributed by atoms with van der Waals surface area (Å²) in [5.41, 5.74) is 5.87. The Bertz CT molecular complexity index is 1120. The molecule has 0 radical (unpaired) electrons. The first kappa shape index (κ1) is 18.7. The minimum atomic E-state index is -0.728. The van der Waals surface area contributed by atoms with Crippen LogP contribution >= 0.6 is 11.3 Å². The first-order valence-corrected chi connectivity index (χ1v) is 10.6. The van der Waals surface area contributed by atoms with E-state index >= 15 is 0 Å². The molecule has 1 aromatic carbocycles. The zero-order chi connectivity index (χ0) is 19.7. The minimum Gasteiger partial charge on any atom is -0.481 e. The number of hydrogen-bond acceptors (Lipinski definition) is 3. The quantitative estimate of drug-likeness (QED) is 0.399. The number of carboxylic acid groups (broad SMARTS) is 1.